The number of rotatable bonds is 5. The molecule has 0 aromatic rings. The molecule has 0 N–H and O–H groups in total. The van der Waals surface area contributed by atoms with Gasteiger partial charge < -0.3 is 4.74 Å². The molecule has 0 aliphatic carbocycles. The van der Waals surface area contributed by atoms with Crippen LogP contribution in [0.25, 0.3) is 0 Å². The highest BCUT2D eigenvalue weighted by atomic mass is 32.2. The highest BCUT2D eigenvalue weighted by Gasteiger charge is 2.44. The van der Waals surface area contributed by atoms with Crippen LogP contribution in [0.2, 0.25) is 0 Å². The lowest BCUT2D eigenvalue weighted by Gasteiger charge is -2.37. The number of carbonyl (C=O) groups excluding carboxylic acids is 1. The third kappa shape index (κ3) is 5.41. The summed E-state index contributed by atoms with van der Waals surface area (Å²) in [6, 6.07) is -1.11. The van der Waals surface area contributed by atoms with Crippen LogP contribution in [0.5, 0.6) is 0 Å². The van der Waals surface area contributed by atoms with Crippen LogP contribution in [0.4, 0.5) is 0 Å². The summed E-state index contributed by atoms with van der Waals surface area (Å²) in [5.74, 6) is -0.524. The lowest BCUT2D eigenvalue weighted by Crippen LogP contribution is -2.53. The van der Waals surface area contributed by atoms with Crippen molar-refractivity contribution in [1.29, 1.82) is 0 Å². The van der Waals surface area contributed by atoms with Crippen molar-refractivity contribution in [2.24, 2.45) is 0 Å². The van der Waals surface area contributed by atoms with E-state index in [0.29, 0.717) is 38.8 Å². The molecule has 0 radical (unpaired) electrons. The SMILES string of the molecule is CN(C1CCN(S(C)(=O)=O)CC1)S(=O)(=O)N1CCC[C@H]1C(=O)OC(C)(C)C. The molecule has 2 aliphatic rings. The van der Waals surface area contributed by atoms with E-state index in [1.807, 2.05) is 0 Å². The summed E-state index contributed by atoms with van der Waals surface area (Å²) in [5, 5.41) is 0. The Morgan fingerprint density at radius 1 is 1.04 bits per heavy atom. The van der Waals surface area contributed by atoms with Crippen molar-refractivity contribution in [2.45, 2.75) is 64.1 Å². The van der Waals surface area contributed by atoms with Gasteiger partial charge in [0.15, 0.2) is 0 Å². The first kappa shape index (κ1) is 22.5. The van der Waals surface area contributed by atoms with Gasteiger partial charge >= 0.3 is 5.97 Å². The van der Waals surface area contributed by atoms with Gasteiger partial charge in [0.05, 0.1) is 6.26 Å². The van der Waals surface area contributed by atoms with E-state index in [2.05, 4.69) is 0 Å². The minimum Gasteiger partial charge on any atom is -0.459 e. The molecule has 0 amide bonds. The van der Waals surface area contributed by atoms with Gasteiger partial charge in [-0.2, -0.15) is 17.0 Å². The molecule has 2 heterocycles. The Morgan fingerprint density at radius 2 is 1.59 bits per heavy atom. The van der Waals surface area contributed by atoms with Crippen LogP contribution < -0.4 is 0 Å². The minimum atomic E-state index is -3.84. The summed E-state index contributed by atoms with van der Waals surface area (Å²) < 4.78 is 58.7. The molecule has 158 valence electrons. The summed E-state index contributed by atoms with van der Waals surface area (Å²) in [6.07, 6.45) is 3.04. The quantitative estimate of drug-likeness (QED) is 0.590. The van der Waals surface area contributed by atoms with E-state index in [9.17, 15) is 21.6 Å². The third-order valence-electron chi connectivity index (χ3n) is 4.95. The van der Waals surface area contributed by atoms with Gasteiger partial charge in [-0.05, 0) is 46.5 Å². The fourth-order valence-corrected chi connectivity index (χ4v) is 6.18. The molecule has 2 rings (SSSR count). The van der Waals surface area contributed by atoms with Crippen molar-refractivity contribution in [3.8, 4) is 0 Å². The minimum absolute atomic E-state index is 0.277. The number of carbonyl (C=O) groups is 1. The Labute approximate surface area is 162 Å². The molecule has 0 aromatic heterocycles. The Hall–Kier alpha value is -0.750. The maximum Gasteiger partial charge on any atom is 0.325 e. The average molecular weight is 426 g/mol. The third-order valence-corrected chi connectivity index (χ3v) is 8.31. The zero-order chi connectivity index (χ0) is 20.6. The van der Waals surface area contributed by atoms with Crippen LogP contribution in [0.3, 0.4) is 0 Å². The standard InChI is InChI=1S/C16H31N3O6S2/c1-16(2,3)25-15(20)14-7-6-10-19(14)27(23,24)17(4)13-8-11-18(12-9-13)26(5,21)22/h13-14H,6-12H2,1-5H3/t14-/m0/s1. The molecule has 2 fully saturated rings. The normalized spacial score (nSPS) is 24.4. The van der Waals surface area contributed by atoms with E-state index < -0.39 is 37.8 Å². The first-order chi connectivity index (χ1) is 12.2. The van der Waals surface area contributed by atoms with E-state index in [4.69, 9.17) is 4.74 Å². The second kappa shape index (κ2) is 7.94. The lowest BCUT2D eigenvalue weighted by atomic mass is 10.1. The average Bonchev–Trinajstić information content (AvgIpc) is 3.02. The van der Waals surface area contributed by atoms with Crippen LogP contribution >= 0.6 is 0 Å². The number of hydrogen-bond donors (Lipinski definition) is 0. The number of piperidine rings is 1. The molecule has 0 spiro atoms. The first-order valence-corrected chi connectivity index (χ1v) is 12.4. The molecule has 11 heteroatoms. The Morgan fingerprint density at radius 3 is 2.07 bits per heavy atom. The predicted molar refractivity (Wildman–Crippen MR) is 102 cm³/mol. The molecule has 0 aromatic carbocycles. The van der Waals surface area contributed by atoms with E-state index in [1.165, 1.54) is 20.0 Å². The van der Waals surface area contributed by atoms with E-state index in [-0.39, 0.29) is 12.6 Å². The van der Waals surface area contributed by atoms with Gasteiger partial charge in [0.1, 0.15) is 11.6 Å². The van der Waals surface area contributed by atoms with Gasteiger partial charge in [0.25, 0.3) is 10.2 Å². The Balaban J connectivity index is 2.09. The van der Waals surface area contributed by atoms with Crippen molar-refractivity contribution >= 4 is 26.2 Å². The van der Waals surface area contributed by atoms with Crippen molar-refractivity contribution in [1.82, 2.24) is 12.9 Å². The number of hydrogen-bond acceptors (Lipinski definition) is 6. The van der Waals surface area contributed by atoms with Gasteiger partial charge in [-0.3, -0.25) is 4.79 Å². The maximum atomic E-state index is 13.1. The van der Waals surface area contributed by atoms with E-state index in [0.717, 1.165) is 6.26 Å². The summed E-state index contributed by atoms with van der Waals surface area (Å²) in [5.41, 5.74) is -0.681. The molecule has 2 saturated heterocycles. The summed E-state index contributed by atoms with van der Waals surface area (Å²) in [7, 11) is -5.61. The Kier molecular flexibility index (Phi) is 6.63. The number of nitrogens with zero attached hydrogens (tertiary/aromatic N) is 3. The number of ether oxygens (including phenoxy) is 1. The van der Waals surface area contributed by atoms with Crippen molar-refractivity contribution in [3.63, 3.8) is 0 Å². The zero-order valence-electron chi connectivity index (χ0n) is 16.7. The fraction of sp³-hybridized carbons (Fsp3) is 0.938. The lowest BCUT2D eigenvalue weighted by molar-refractivity contribution is -0.158. The topological polar surface area (TPSA) is 104 Å². The second-order valence-electron chi connectivity index (χ2n) is 8.22. The van der Waals surface area contributed by atoms with Crippen LogP contribution in [0, 0.1) is 0 Å². The molecule has 0 bridgehead atoms. The predicted octanol–water partition coefficient (Wildman–Crippen LogP) is 0.393. The molecule has 0 unspecified atom stereocenters. The zero-order valence-corrected chi connectivity index (χ0v) is 18.3. The van der Waals surface area contributed by atoms with E-state index >= 15 is 0 Å². The molecule has 27 heavy (non-hydrogen) atoms. The first-order valence-electron chi connectivity index (χ1n) is 9.16. The molecule has 2 aliphatic heterocycles. The maximum absolute atomic E-state index is 13.1. The molecule has 9 nitrogen and oxygen atoms in total. The van der Waals surface area contributed by atoms with Crippen molar-refractivity contribution in [3.05, 3.63) is 0 Å². The molecular formula is C16H31N3O6S2. The molecule has 0 saturated carbocycles. The fourth-order valence-electron chi connectivity index (χ4n) is 3.51. The number of sulfonamides is 1. The second-order valence-corrected chi connectivity index (χ2v) is 12.1. The van der Waals surface area contributed by atoms with E-state index in [1.54, 1.807) is 20.8 Å². The molecular weight excluding hydrogens is 394 g/mol. The highest BCUT2D eigenvalue weighted by Crippen LogP contribution is 2.28. The summed E-state index contributed by atoms with van der Waals surface area (Å²) >= 11 is 0. The molecule has 1 atom stereocenters. The largest absolute Gasteiger partial charge is 0.459 e. The van der Waals surface area contributed by atoms with Gasteiger partial charge in [0, 0.05) is 32.7 Å². The smallest absolute Gasteiger partial charge is 0.325 e. The van der Waals surface area contributed by atoms with Crippen LogP contribution in [0.15, 0.2) is 0 Å². The summed E-state index contributed by atoms with van der Waals surface area (Å²) in [6.45, 7) is 6.11. The number of esters is 1. The van der Waals surface area contributed by atoms with Gasteiger partial charge in [-0.1, -0.05) is 0 Å². The Bertz CT molecular complexity index is 752. The van der Waals surface area contributed by atoms with Crippen LogP contribution in [-0.2, 0) is 29.8 Å². The highest BCUT2D eigenvalue weighted by molar-refractivity contribution is 7.88. The van der Waals surface area contributed by atoms with Gasteiger partial charge in [-0.15, -0.1) is 0 Å². The van der Waals surface area contributed by atoms with Crippen molar-refractivity contribution < 1.29 is 26.4 Å². The van der Waals surface area contributed by atoms with Crippen LogP contribution in [0.1, 0.15) is 46.5 Å². The summed E-state index contributed by atoms with van der Waals surface area (Å²) in [4.78, 5) is 12.5. The van der Waals surface area contributed by atoms with Crippen LogP contribution in [-0.4, -0.2) is 86.3 Å². The van der Waals surface area contributed by atoms with Gasteiger partial charge in [-0.25, -0.2) is 12.7 Å². The monoisotopic (exact) mass is 425 g/mol. The van der Waals surface area contributed by atoms with Gasteiger partial charge in [0.2, 0.25) is 10.0 Å². The van der Waals surface area contributed by atoms with Crippen molar-refractivity contribution in [2.75, 3.05) is 32.9 Å².